The zero-order valence-corrected chi connectivity index (χ0v) is 10.8. The van der Waals surface area contributed by atoms with E-state index in [0.29, 0.717) is 0 Å². The highest BCUT2D eigenvalue weighted by atomic mass is 35.5. The van der Waals surface area contributed by atoms with Crippen LogP contribution in [0.3, 0.4) is 0 Å². The molecule has 2 bridgehead atoms. The Morgan fingerprint density at radius 3 is 2.12 bits per heavy atom. The normalized spacial score (nSPS) is 28.6. The minimum atomic E-state index is 0. The van der Waals surface area contributed by atoms with Gasteiger partial charge >= 0.3 is 0 Å². The molecule has 88 valence electrons. The maximum Gasteiger partial charge on any atom is 0.0361 e. The van der Waals surface area contributed by atoms with Crippen molar-refractivity contribution in [3.8, 4) is 0 Å². The van der Waals surface area contributed by atoms with Crippen molar-refractivity contribution in [2.75, 3.05) is 0 Å². The zero-order valence-electron chi connectivity index (χ0n) is 10.0. The molecule has 1 nitrogen and oxygen atoms in total. The number of hydrogen-bond acceptors (Lipinski definition) is 1. The van der Waals surface area contributed by atoms with Crippen molar-refractivity contribution in [1.82, 2.24) is 4.90 Å². The Balaban J connectivity index is 0.000000963. The van der Waals surface area contributed by atoms with E-state index < -0.39 is 0 Å². The van der Waals surface area contributed by atoms with Gasteiger partial charge in [-0.15, -0.1) is 12.4 Å². The molecule has 2 aliphatic rings. The van der Waals surface area contributed by atoms with E-state index in [2.05, 4.69) is 43.0 Å². The Morgan fingerprint density at radius 1 is 1.19 bits per heavy atom. The van der Waals surface area contributed by atoms with Gasteiger partial charge in [0.15, 0.2) is 0 Å². The molecule has 0 N–H and O–H groups in total. The van der Waals surface area contributed by atoms with Crippen LogP contribution in [0.5, 0.6) is 0 Å². The fourth-order valence-corrected chi connectivity index (χ4v) is 3.41. The predicted octanol–water partition coefficient (Wildman–Crippen LogP) is 4.10. The van der Waals surface area contributed by atoms with Crippen LogP contribution in [0.25, 0.3) is 0 Å². The summed E-state index contributed by atoms with van der Waals surface area (Å²) in [7, 11) is 0. The molecule has 0 radical (unpaired) electrons. The van der Waals surface area contributed by atoms with Crippen LogP contribution in [0.15, 0.2) is 24.3 Å². The maximum atomic E-state index is 2.74. The minimum Gasteiger partial charge on any atom is -0.287 e. The van der Waals surface area contributed by atoms with Crippen LogP contribution in [-0.4, -0.2) is 10.9 Å². The lowest BCUT2D eigenvalue weighted by Gasteiger charge is -2.28. The molecule has 0 saturated carbocycles. The fourth-order valence-electron chi connectivity index (χ4n) is 3.41. The van der Waals surface area contributed by atoms with E-state index in [1.165, 1.54) is 19.3 Å². The number of hydrogen-bond donors (Lipinski definition) is 0. The Bertz CT molecular complexity index is 346. The molecule has 2 aliphatic heterocycles. The first-order valence-electron chi connectivity index (χ1n) is 6.19. The van der Waals surface area contributed by atoms with Crippen LogP contribution in [0.2, 0.25) is 0 Å². The van der Waals surface area contributed by atoms with Gasteiger partial charge in [0.25, 0.3) is 0 Å². The number of benzene rings is 1. The first-order chi connectivity index (χ1) is 7.33. The van der Waals surface area contributed by atoms with E-state index >= 15 is 0 Å². The molecule has 1 fully saturated rings. The van der Waals surface area contributed by atoms with Crippen LogP contribution in [0.4, 0.5) is 0 Å². The van der Waals surface area contributed by atoms with Crippen molar-refractivity contribution < 1.29 is 0 Å². The van der Waals surface area contributed by atoms with E-state index in [1.54, 1.807) is 11.1 Å². The molecule has 3 unspecified atom stereocenters. The summed E-state index contributed by atoms with van der Waals surface area (Å²) >= 11 is 0. The summed E-state index contributed by atoms with van der Waals surface area (Å²) in [6.45, 7) is 4.67. The standard InChI is InChI=1S/C14H19N.ClH/c1-3-10(2)15-13-8-9-14(15)12-7-5-4-6-11(12)13;/h4-7,10,13-14H,3,8-9H2,1-2H3;1H. The molecule has 2 heterocycles. The first-order valence-corrected chi connectivity index (χ1v) is 6.19. The first kappa shape index (κ1) is 11.9. The second kappa shape index (κ2) is 4.38. The second-order valence-electron chi connectivity index (χ2n) is 4.94. The second-order valence-corrected chi connectivity index (χ2v) is 4.94. The topological polar surface area (TPSA) is 3.24 Å². The molecule has 1 saturated heterocycles. The number of rotatable bonds is 2. The molecule has 0 spiro atoms. The average molecular weight is 238 g/mol. The lowest BCUT2D eigenvalue weighted by atomic mass is 9.92. The molecule has 16 heavy (non-hydrogen) atoms. The van der Waals surface area contributed by atoms with Gasteiger partial charge in [-0.05, 0) is 37.3 Å². The number of fused-ring (bicyclic) bond motifs is 5. The van der Waals surface area contributed by atoms with E-state index in [4.69, 9.17) is 0 Å². The van der Waals surface area contributed by atoms with E-state index in [1.807, 2.05) is 0 Å². The van der Waals surface area contributed by atoms with Crippen molar-refractivity contribution in [3.05, 3.63) is 35.4 Å². The number of halogens is 1. The highest BCUT2D eigenvalue weighted by molar-refractivity contribution is 5.85. The third-order valence-electron chi connectivity index (χ3n) is 4.25. The van der Waals surface area contributed by atoms with Crippen molar-refractivity contribution >= 4 is 12.4 Å². The largest absolute Gasteiger partial charge is 0.287 e. The van der Waals surface area contributed by atoms with Crippen LogP contribution >= 0.6 is 12.4 Å². The fraction of sp³-hybridized carbons (Fsp3) is 0.571. The minimum absolute atomic E-state index is 0. The lowest BCUT2D eigenvalue weighted by molar-refractivity contribution is 0.158. The highest BCUT2D eigenvalue weighted by Crippen LogP contribution is 2.53. The monoisotopic (exact) mass is 237 g/mol. The quantitative estimate of drug-likeness (QED) is 0.749. The van der Waals surface area contributed by atoms with Gasteiger partial charge in [-0.1, -0.05) is 31.2 Å². The Hall–Kier alpha value is -0.530. The van der Waals surface area contributed by atoms with Crippen LogP contribution in [0.1, 0.15) is 56.3 Å². The van der Waals surface area contributed by atoms with Gasteiger partial charge in [-0.2, -0.15) is 0 Å². The molecular weight excluding hydrogens is 218 g/mol. The van der Waals surface area contributed by atoms with Gasteiger partial charge in [0.1, 0.15) is 0 Å². The summed E-state index contributed by atoms with van der Waals surface area (Å²) in [5, 5.41) is 0. The summed E-state index contributed by atoms with van der Waals surface area (Å²) in [5.74, 6) is 0. The molecule has 1 aromatic carbocycles. The van der Waals surface area contributed by atoms with Crippen molar-refractivity contribution in [3.63, 3.8) is 0 Å². The Morgan fingerprint density at radius 2 is 1.69 bits per heavy atom. The van der Waals surface area contributed by atoms with Crippen molar-refractivity contribution in [1.29, 1.82) is 0 Å². The summed E-state index contributed by atoms with van der Waals surface area (Å²) in [5.41, 5.74) is 3.21. The van der Waals surface area contributed by atoms with E-state index in [9.17, 15) is 0 Å². The summed E-state index contributed by atoms with van der Waals surface area (Å²) in [6, 6.07) is 11.2. The van der Waals surface area contributed by atoms with Gasteiger partial charge in [0.2, 0.25) is 0 Å². The molecule has 3 rings (SSSR count). The highest BCUT2D eigenvalue weighted by Gasteiger charge is 2.44. The van der Waals surface area contributed by atoms with Gasteiger partial charge in [0, 0.05) is 18.1 Å². The predicted molar refractivity (Wildman–Crippen MR) is 70.0 cm³/mol. The van der Waals surface area contributed by atoms with Crippen molar-refractivity contribution in [2.24, 2.45) is 0 Å². The Kier molecular flexibility index (Phi) is 3.27. The molecule has 1 aromatic rings. The van der Waals surface area contributed by atoms with Crippen LogP contribution in [0, 0.1) is 0 Å². The molecule has 2 heteroatoms. The number of nitrogens with zero attached hydrogens (tertiary/aromatic N) is 1. The van der Waals surface area contributed by atoms with Gasteiger partial charge in [-0.3, -0.25) is 4.90 Å². The Labute approximate surface area is 104 Å². The molecule has 0 aromatic heterocycles. The van der Waals surface area contributed by atoms with Gasteiger partial charge in [0.05, 0.1) is 0 Å². The summed E-state index contributed by atoms with van der Waals surface area (Å²) in [4.78, 5) is 2.74. The average Bonchev–Trinajstić information content (AvgIpc) is 2.84. The maximum absolute atomic E-state index is 2.74. The third kappa shape index (κ3) is 1.49. The van der Waals surface area contributed by atoms with E-state index in [-0.39, 0.29) is 12.4 Å². The smallest absolute Gasteiger partial charge is 0.0361 e. The summed E-state index contributed by atoms with van der Waals surface area (Å²) in [6.07, 6.45) is 4.00. The van der Waals surface area contributed by atoms with Gasteiger partial charge < -0.3 is 0 Å². The third-order valence-corrected chi connectivity index (χ3v) is 4.25. The SMILES string of the molecule is CCC(C)N1C2CCC1c1ccccc12.Cl. The van der Waals surface area contributed by atoms with Crippen LogP contribution < -0.4 is 0 Å². The van der Waals surface area contributed by atoms with Crippen molar-refractivity contribution in [2.45, 2.75) is 51.2 Å². The molecule has 0 amide bonds. The lowest BCUT2D eigenvalue weighted by Crippen LogP contribution is -2.29. The molecule has 3 atom stereocenters. The van der Waals surface area contributed by atoms with Crippen LogP contribution in [-0.2, 0) is 0 Å². The molecule has 0 aliphatic carbocycles. The molecular formula is C14H20ClN. The zero-order chi connectivity index (χ0) is 10.4. The van der Waals surface area contributed by atoms with Gasteiger partial charge in [-0.25, -0.2) is 0 Å². The summed E-state index contributed by atoms with van der Waals surface area (Å²) < 4.78 is 0. The van der Waals surface area contributed by atoms with E-state index in [0.717, 1.165) is 18.1 Å².